The molecular weight excluding hydrogens is 196 g/mol. The summed E-state index contributed by atoms with van der Waals surface area (Å²) in [6.07, 6.45) is -1.34. The lowest BCUT2D eigenvalue weighted by atomic mass is 10.1. The fourth-order valence-electron chi connectivity index (χ4n) is 1.28. The van der Waals surface area contributed by atoms with Gasteiger partial charge < -0.3 is 5.32 Å². The van der Waals surface area contributed by atoms with Crippen LogP contribution in [-0.2, 0) is 6.54 Å². The van der Waals surface area contributed by atoms with Crippen molar-refractivity contribution in [2.45, 2.75) is 39.3 Å². The summed E-state index contributed by atoms with van der Waals surface area (Å²) in [6, 6.07) is 6.97. The zero-order chi connectivity index (χ0) is 11.3. The molecule has 0 aromatic heterocycles. The molecule has 1 aromatic rings. The molecule has 0 fully saturated rings. The zero-order valence-corrected chi connectivity index (χ0v) is 9.13. The van der Waals surface area contributed by atoms with Crippen molar-refractivity contribution in [2.75, 3.05) is 0 Å². The molecule has 0 bridgehead atoms. The largest absolute Gasteiger partial charge is 0.310 e. The molecule has 0 saturated carbocycles. The second kappa shape index (κ2) is 5.81. The Morgan fingerprint density at radius 3 is 2.67 bits per heavy atom. The van der Waals surface area contributed by atoms with Gasteiger partial charge in [-0.1, -0.05) is 25.1 Å². The second-order valence-corrected chi connectivity index (χ2v) is 3.74. The van der Waals surface area contributed by atoms with Crippen LogP contribution in [0.25, 0.3) is 0 Å². The van der Waals surface area contributed by atoms with Crippen molar-refractivity contribution in [3.63, 3.8) is 0 Å². The third kappa shape index (κ3) is 3.96. The first-order chi connectivity index (χ1) is 7.13. The summed E-state index contributed by atoms with van der Waals surface area (Å²) in [5.74, 6) is 0. The molecule has 0 spiro atoms. The van der Waals surface area contributed by atoms with E-state index < -0.39 is 6.43 Å². The molecule has 1 atom stereocenters. The zero-order valence-electron chi connectivity index (χ0n) is 9.13. The monoisotopic (exact) mass is 213 g/mol. The highest BCUT2D eigenvalue weighted by atomic mass is 19.3. The third-order valence-electron chi connectivity index (χ3n) is 2.47. The Hall–Kier alpha value is -0.960. The quantitative estimate of drug-likeness (QED) is 0.789. The van der Waals surface area contributed by atoms with Crippen LogP contribution in [0.3, 0.4) is 0 Å². The molecule has 0 aliphatic heterocycles. The van der Waals surface area contributed by atoms with Crippen molar-refractivity contribution in [3.05, 3.63) is 35.4 Å². The molecule has 0 saturated heterocycles. The molecule has 1 aromatic carbocycles. The molecule has 0 aliphatic carbocycles. The van der Waals surface area contributed by atoms with Gasteiger partial charge in [-0.2, -0.15) is 0 Å². The van der Waals surface area contributed by atoms with Gasteiger partial charge in [0.1, 0.15) is 0 Å². The Bertz CT molecular complexity index is 299. The van der Waals surface area contributed by atoms with Crippen LogP contribution in [0.5, 0.6) is 0 Å². The minimum Gasteiger partial charge on any atom is -0.310 e. The van der Waals surface area contributed by atoms with Gasteiger partial charge >= 0.3 is 0 Å². The first-order valence-electron chi connectivity index (χ1n) is 5.23. The highest BCUT2D eigenvalue weighted by Gasteiger charge is 2.07. The summed E-state index contributed by atoms with van der Waals surface area (Å²) in [5.41, 5.74) is 1.01. The smallest absolute Gasteiger partial charge is 0.263 e. The van der Waals surface area contributed by atoms with Crippen molar-refractivity contribution in [1.29, 1.82) is 0 Å². The van der Waals surface area contributed by atoms with E-state index in [0.29, 0.717) is 12.6 Å². The maximum Gasteiger partial charge on any atom is 0.263 e. The summed E-state index contributed by atoms with van der Waals surface area (Å²) in [6.45, 7) is 4.82. The van der Waals surface area contributed by atoms with E-state index >= 15 is 0 Å². The molecule has 1 unspecified atom stereocenters. The average Bonchev–Trinajstić information content (AvgIpc) is 2.26. The molecule has 1 rings (SSSR count). The summed E-state index contributed by atoms with van der Waals surface area (Å²) < 4.78 is 24.8. The lowest BCUT2D eigenvalue weighted by Gasteiger charge is -2.11. The van der Waals surface area contributed by atoms with E-state index in [0.717, 1.165) is 12.0 Å². The Labute approximate surface area is 89.5 Å². The molecule has 0 aliphatic rings. The summed E-state index contributed by atoms with van der Waals surface area (Å²) in [7, 11) is 0. The molecule has 15 heavy (non-hydrogen) atoms. The highest BCUT2D eigenvalue weighted by Crippen LogP contribution is 2.19. The molecular formula is C12H17F2N. The fourth-order valence-corrected chi connectivity index (χ4v) is 1.28. The predicted octanol–water partition coefficient (Wildman–Crippen LogP) is 3.51. The van der Waals surface area contributed by atoms with Crippen LogP contribution in [-0.4, -0.2) is 6.04 Å². The Morgan fingerprint density at radius 2 is 2.07 bits per heavy atom. The number of alkyl halides is 2. The number of hydrogen-bond acceptors (Lipinski definition) is 1. The molecule has 0 radical (unpaired) electrons. The Morgan fingerprint density at radius 1 is 1.33 bits per heavy atom. The van der Waals surface area contributed by atoms with Gasteiger partial charge in [0, 0.05) is 18.2 Å². The van der Waals surface area contributed by atoms with Crippen LogP contribution < -0.4 is 5.32 Å². The van der Waals surface area contributed by atoms with Gasteiger partial charge in [0.05, 0.1) is 0 Å². The number of benzene rings is 1. The first-order valence-corrected chi connectivity index (χ1v) is 5.23. The van der Waals surface area contributed by atoms with Crippen molar-refractivity contribution < 1.29 is 8.78 Å². The van der Waals surface area contributed by atoms with Crippen molar-refractivity contribution >= 4 is 0 Å². The number of halogens is 2. The number of nitrogens with one attached hydrogen (secondary N) is 1. The third-order valence-corrected chi connectivity index (χ3v) is 2.47. The van der Waals surface area contributed by atoms with E-state index in [4.69, 9.17) is 0 Å². The number of rotatable bonds is 5. The summed E-state index contributed by atoms with van der Waals surface area (Å²) >= 11 is 0. The first kappa shape index (κ1) is 12.1. The summed E-state index contributed by atoms with van der Waals surface area (Å²) in [5, 5.41) is 3.27. The van der Waals surface area contributed by atoms with Gasteiger partial charge in [0.15, 0.2) is 0 Å². The minimum absolute atomic E-state index is 0.0958. The van der Waals surface area contributed by atoms with Crippen LogP contribution in [0.4, 0.5) is 8.78 Å². The minimum atomic E-state index is -2.38. The second-order valence-electron chi connectivity index (χ2n) is 3.74. The molecule has 3 heteroatoms. The van der Waals surface area contributed by atoms with Crippen molar-refractivity contribution in [1.82, 2.24) is 5.32 Å². The predicted molar refractivity (Wildman–Crippen MR) is 58.0 cm³/mol. The van der Waals surface area contributed by atoms with Crippen LogP contribution in [0.2, 0.25) is 0 Å². The van der Waals surface area contributed by atoms with E-state index in [1.54, 1.807) is 12.1 Å². The lowest BCUT2D eigenvalue weighted by molar-refractivity contribution is 0.151. The van der Waals surface area contributed by atoms with Gasteiger partial charge in [0.2, 0.25) is 0 Å². The van der Waals surface area contributed by atoms with Crippen LogP contribution in [0, 0.1) is 0 Å². The molecule has 1 N–H and O–H groups in total. The topological polar surface area (TPSA) is 12.0 Å². The van der Waals surface area contributed by atoms with Gasteiger partial charge in [-0.25, -0.2) is 8.78 Å². The Kier molecular flexibility index (Phi) is 4.69. The standard InChI is InChI=1S/C12H17F2N/c1-3-9(2)15-8-10-5-4-6-11(7-10)12(13)14/h4-7,9,12,15H,3,8H2,1-2H3. The summed E-state index contributed by atoms with van der Waals surface area (Å²) in [4.78, 5) is 0. The van der Waals surface area contributed by atoms with Crippen LogP contribution in [0.1, 0.15) is 37.8 Å². The number of hydrogen-bond donors (Lipinski definition) is 1. The van der Waals surface area contributed by atoms with Crippen molar-refractivity contribution in [2.24, 2.45) is 0 Å². The van der Waals surface area contributed by atoms with Gasteiger partial charge in [-0.15, -0.1) is 0 Å². The van der Waals surface area contributed by atoms with Crippen LogP contribution >= 0.6 is 0 Å². The van der Waals surface area contributed by atoms with Crippen molar-refractivity contribution in [3.8, 4) is 0 Å². The molecule has 1 nitrogen and oxygen atoms in total. The highest BCUT2D eigenvalue weighted by molar-refractivity contribution is 5.24. The lowest BCUT2D eigenvalue weighted by Crippen LogP contribution is -2.24. The molecule has 0 amide bonds. The van der Waals surface area contributed by atoms with Gasteiger partial charge in [0.25, 0.3) is 6.43 Å². The van der Waals surface area contributed by atoms with E-state index in [1.165, 1.54) is 6.07 Å². The van der Waals surface area contributed by atoms with Gasteiger partial charge in [-0.3, -0.25) is 0 Å². The van der Waals surface area contributed by atoms with E-state index in [1.807, 2.05) is 6.07 Å². The Balaban J connectivity index is 2.58. The maximum absolute atomic E-state index is 12.4. The molecule has 0 heterocycles. The average molecular weight is 213 g/mol. The fraction of sp³-hybridized carbons (Fsp3) is 0.500. The van der Waals surface area contributed by atoms with Crippen LogP contribution in [0.15, 0.2) is 24.3 Å². The normalized spacial score (nSPS) is 13.1. The van der Waals surface area contributed by atoms with E-state index in [2.05, 4.69) is 19.2 Å². The molecule has 84 valence electrons. The SMILES string of the molecule is CCC(C)NCc1cccc(C(F)F)c1. The van der Waals surface area contributed by atoms with E-state index in [-0.39, 0.29) is 5.56 Å². The van der Waals surface area contributed by atoms with E-state index in [9.17, 15) is 8.78 Å². The maximum atomic E-state index is 12.4. The van der Waals surface area contributed by atoms with Gasteiger partial charge in [-0.05, 0) is 25.0 Å².